The summed E-state index contributed by atoms with van der Waals surface area (Å²) >= 11 is 0. The summed E-state index contributed by atoms with van der Waals surface area (Å²) in [4.78, 5) is 44.8. The summed E-state index contributed by atoms with van der Waals surface area (Å²) in [6.07, 6.45) is 7.62. The Labute approximate surface area is 302 Å². The summed E-state index contributed by atoms with van der Waals surface area (Å²) in [7, 11) is 0. The summed E-state index contributed by atoms with van der Waals surface area (Å²) in [6, 6.07) is 31.6. The van der Waals surface area contributed by atoms with E-state index in [9.17, 15) is 24.4 Å². The van der Waals surface area contributed by atoms with Gasteiger partial charge in [-0.15, -0.1) is 0 Å². The minimum absolute atomic E-state index is 0.0533. The van der Waals surface area contributed by atoms with Crippen molar-refractivity contribution in [2.45, 2.75) is 26.3 Å². The quantitative estimate of drug-likeness (QED) is 0.0670. The third-order valence-corrected chi connectivity index (χ3v) is 6.94. The number of allylic oxidation sites excluding steroid dienone is 1. The van der Waals surface area contributed by atoms with Crippen LogP contribution in [0.5, 0.6) is 23.0 Å². The first-order chi connectivity index (χ1) is 24.9. The molecule has 13 nitrogen and oxygen atoms in total. The number of para-hydroxylation sites is 2. The summed E-state index contributed by atoms with van der Waals surface area (Å²) in [5, 5.41) is 21.3. The van der Waals surface area contributed by atoms with E-state index in [1.807, 2.05) is 134 Å². The molecular weight excluding hydrogens is 666 g/mol. The van der Waals surface area contributed by atoms with Crippen molar-refractivity contribution in [1.29, 1.82) is 0 Å². The normalized spacial score (nSPS) is 11.8. The highest BCUT2D eigenvalue weighted by molar-refractivity contribution is 5.84. The average Bonchev–Trinajstić information content (AvgIpc) is 3.11. The zero-order valence-electron chi connectivity index (χ0n) is 28.9. The van der Waals surface area contributed by atoms with Gasteiger partial charge >= 0.3 is 12.1 Å². The summed E-state index contributed by atoms with van der Waals surface area (Å²) in [5.74, 6) is 2.08. The number of amides is 5. The number of primary amides is 2. The number of carbonyl (C=O) groups is 4. The van der Waals surface area contributed by atoms with Gasteiger partial charge in [0.05, 0.1) is 0 Å². The Morgan fingerprint density at radius 2 is 1.10 bits per heavy atom. The van der Waals surface area contributed by atoms with Gasteiger partial charge in [-0.25, -0.2) is 9.59 Å². The number of nitrogens with two attached hydrogens (primary N) is 2. The van der Waals surface area contributed by atoms with Crippen LogP contribution in [0.3, 0.4) is 0 Å². The fourth-order valence-corrected chi connectivity index (χ4v) is 4.44. The lowest BCUT2D eigenvalue weighted by molar-refractivity contribution is -0.130. The van der Waals surface area contributed by atoms with Crippen LogP contribution in [0.25, 0.3) is 12.2 Å². The molecule has 2 atom stereocenters. The number of hydroxylamine groups is 4. The van der Waals surface area contributed by atoms with E-state index in [0.717, 1.165) is 28.4 Å². The topological polar surface area (TPSA) is 198 Å². The summed E-state index contributed by atoms with van der Waals surface area (Å²) in [6.45, 7) is 2.72. The van der Waals surface area contributed by atoms with Crippen molar-refractivity contribution < 1.29 is 39.1 Å². The molecule has 0 spiro atoms. The van der Waals surface area contributed by atoms with Crippen LogP contribution >= 0.6 is 0 Å². The number of benzene rings is 4. The predicted octanol–water partition coefficient (Wildman–Crippen LogP) is 6.62. The maximum atomic E-state index is 11.8. The Morgan fingerprint density at radius 3 is 1.58 bits per heavy atom. The molecule has 4 aromatic carbocycles. The average molecular weight is 710 g/mol. The van der Waals surface area contributed by atoms with Crippen LogP contribution in [0, 0.1) is 5.92 Å². The van der Waals surface area contributed by atoms with Gasteiger partial charge in [-0.2, -0.15) is 10.1 Å². The standard InChI is InChI=1S/C20H22N2O4.C19H21N3O4/c1-15(12-17(23)14-22(25)20(21)24)10-11-16-6-5-9-19(13-16)26-18-7-3-2-4-8-18;1-14(21-18(23)13-22(25)19(20)24)10-11-15-6-5-9-17(12-15)26-16-7-3-2-4-8-16/h2-11,13,15,25H,12,14H2,1H3,(H2,21,24);2-12,14,25H,13H2,1H3,(H2,20,24)(H,21,23)/b11-10+;11-10-. The molecule has 52 heavy (non-hydrogen) atoms. The highest BCUT2D eigenvalue weighted by atomic mass is 16.5. The van der Waals surface area contributed by atoms with Gasteiger partial charge in [-0.3, -0.25) is 20.0 Å². The van der Waals surface area contributed by atoms with E-state index >= 15 is 0 Å². The second kappa shape index (κ2) is 20.9. The zero-order chi connectivity index (χ0) is 37.9. The number of hydrogen-bond donors (Lipinski definition) is 5. The van der Waals surface area contributed by atoms with Crippen molar-refractivity contribution in [2.75, 3.05) is 13.1 Å². The zero-order valence-corrected chi connectivity index (χ0v) is 28.9. The van der Waals surface area contributed by atoms with Crippen LogP contribution in [0.15, 0.2) is 121 Å². The second-order valence-corrected chi connectivity index (χ2v) is 11.6. The third-order valence-electron chi connectivity index (χ3n) is 6.94. The molecule has 4 aromatic rings. The van der Waals surface area contributed by atoms with Gasteiger partial charge in [-0.1, -0.05) is 91.9 Å². The lowest BCUT2D eigenvalue weighted by Crippen LogP contribution is -2.43. The monoisotopic (exact) mass is 709 g/mol. The smallest absolute Gasteiger partial charge is 0.339 e. The molecule has 4 rings (SSSR count). The van der Waals surface area contributed by atoms with E-state index in [1.54, 1.807) is 13.0 Å². The molecular formula is C39H43N5O8. The molecule has 0 fully saturated rings. The maximum Gasteiger partial charge on any atom is 0.339 e. The van der Waals surface area contributed by atoms with Crippen molar-refractivity contribution in [3.8, 4) is 23.0 Å². The molecule has 272 valence electrons. The lowest BCUT2D eigenvalue weighted by atomic mass is 10.0. The van der Waals surface area contributed by atoms with E-state index in [-0.39, 0.29) is 34.3 Å². The molecule has 0 bridgehead atoms. The molecule has 0 aliphatic heterocycles. The van der Waals surface area contributed by atoms with Crippen LogP contribution in [-0.4, -0.2) is 63.4 Å². The highest BCUT2D eigenvalue weighted by Crippen LogP contribution is 2.24. The van der Waals surface area contributed by atoms with Gasteiger partial charge in [0, 0.05) is 12.5 Å². The highest BCUT2D eigenvalue weighted by Gasteiger charge is 2.14. The van der Waals surface area contributed by atoms with Crippen LogP contribution in [0.2, 0.25) is 0 Å². The molecule has 0 aromatic heterocycles. The fourth-order valence-electron chi connectivity index (χ4n) is 4.44. The van der Waals surface area contributed by atoms with E-state index in [0.29, 0.717) is 5.75 Å². The summed E-state index contributed by atoms with van der Waals surface area (Å²) < 4.78 is 11.6. The number of carbonyl (C=O) groups excluding carboxylic acids is 4. The predicted molar refractivity (Wildman–Crippen MR) is 197 cm³/mol. The van der Waals surface area contributed by atoms with Crippen LogP contribution in [-0.2, 0) is 9.59 Å². The number of rotatable bonds is 15. The number of Topliss-reactive ketones (excluding diaryl/α,β-unsaturated/α-hetero) is 1. The Balaban J connectivity index is 0.000000280. The van der Waals surface area contributed by atoms with Gasteiger partial charge in [0.2, 0.25) is 5.91 Å². The van der Waals surface area contributed by atoms with Gasteiger partial charge in [0.25, 0.3) is 0 Å². The van der Waals surface area contributed by atoms with Crippen molar-refractivity contribution in [2.24, 2.45) is 17.4 Å². The van der Waals surface area contributed by atoms with Crippen LogP contribution < -0.4 is 26.3 Å². The number of hydrogen-bond acceptors (Lipinski definition) is 8. The first-order valence-electron chi connectivity index (χ1n) is 16.2. The lowest BCUT2D eigenvalue weighted by Gasteiger charge is -2.14. The number of ketones is 1. The van der Waals surface area contributed by atoms with Gasteiger partial charge in [0.15, 0.2) is 5.78 Å². The van der Waals surface area contributed by atoms with Crippen molar-refractivity contribution in [3.63, 3.8) is 0 Å². The Kier molecular flexibility index (Phi) is 16.1. The third kappa shape index (κ3) is 15.4. The molecule has 0 radical (unpaired) electrons. The second-order valence-electron chi connectivity index (χ2n) is 11.6. The molecule has 0 heterocycles. The largest absolute Gasteiger partial charge is 0.457 e. The molecule has 13 heteroatoms. The minimum atomic E-state index is -1.08. The molecule has 5 amide bonds. The Morgan fingerprint density at radius 1 is 0.654 bits per heavy atom. The van der Waals surface area contributed by atoms with E-state index < -0.39 is 31.1 Å². The molecule has 0 saturated heterocycles. The molecule has 2 unspecified atom stereocenters. The van der Waals surface area contributed by atoms with Crippen molar-refractivity contribution in [1.82, 2.24) is 15.4 Å². The summed E-state index contributed by atoms with van der Waals surface area (Å²) in [5.41, 5.74) is 11.6. The van der Waals surface area contributed by atoms with Crippen LogP contribution in [0.1, 0.15) is 31.4 Å². The van der Waals surface area contributed by atoms with E-state index in [1.165, 1.54) is 0 Å². The van der Waals surface area contributed by atoms with Crippen LogP contribution in [0.4, 0.5) is 9.59 Å². The van der Waals surface area contributed by atoms with Crippen molar-refractivity contribution >= 4 is 35.9 Å². The SMILES string of the molecule is CC(/C=C/c1cccc(Oc2ccccc2)c1)CC(=O)CN(O)C(N)=O.CC(/C=C\c1cccc(Oc2ccccc2)c1)NC(=O)CN(O)C(N)=O. The molecule has 7 N–H and O–H groups in total. The number of nitrogens with zero attached hydrogens (tertiary/aromatic N) is 2. The van der Waals surface area contributed by atoms with E-state index in [2.05, 4.69) is 5.32 Å². The molecule has 0 aliphatic rings. The Bertz CT molecular complexity index is 1680. The maximum absolute atomic E-state index is 11.8. The number of urea groups is 2. The first-order valence-corrected chi connectivity index (χ1v) is 16.2. The van der Waals surface area contributed by atoms with Gasteiger partial charge in [-0.05, 0) is 72.5 Å². The van der Waals surface area contributed by atoms with Gasteiger partial charge in [0.1, 0.15) is 36.1 Å². The fraction of sp³-hybridized carbons (Fsp3) is 0.179. The van der Waals surface area contributed by atoms with Crippen molar-refractivity contribution in [3.05, 3.63) is 132 Å². The first kappa shape index (κ1) is 40.0. The number of nitrogens with one attached hydrogen (secondary N) is 1. The van der Waals surface area contributed by atoms with E-state index in [4.69, 9.17) is 26.1 Å². The molecule has 0 aliphatic carbocycles. The molecule has 0 saturated carbocycles. The Hall–Kier alpha value is -6.44. The minimum Gasteiger partial charge on any atom is -0.457 e. The number of ether oxygens (including phenoxy) is 2. The van der Waals surface area contributed by atoms with Gasteiger partial charge < -0.3 is 26.3 Å².